The minimum Gasteiger partial charge on any atom is -0.420 e. The molecular weight excluding hydrogens is 344 g/mol. The molecule has 2 aliphatic carbocycles. The van der Waals surface area contributed by atoms with Crippen LogP contribution >= 0.6 is 0 Å². The largest absolute Gasteiger partial charge is 0.420 e. The minimum absolute atomic E-state index is 0.0112. The number of fused-ring (bicyclic) bond motifs is 3. The van der Waals surface area contributed by atoms with E-state index in [1.54, 1.807) is 0 Å². The van der Waals surface area contributed by atoms with Crippen LogP contribution in [0.4, 0.5) is 0 Å². The Balaban J connectivity index is 1.61. The van der Waals surface area contributed by atoms with Gasteiger partial charge in [-0.2, -0.15) is 5.10 Å². The molecule has 2 atom stereocenters. The van der Waals surface area contributed by atoms with Crippen LogP contribution in [-0.4, -0.2) is 39.0 Å². The molecule has 3 aliphatic rings. The summed E-state index contributed by atoms with van der Waals surface area (Å²) in [6.07, 6.45) is 3.95. The molecule has 7 nitrogen and oxygen atoms in total. The van der Waals surface area contributed by atoms with Crippen molar-refractivity contribution in [2.75, 3.05) is 13.2 Å². The third-order valence-electron chi connectivity index (χ3n) is 7.45. The summed E-state index contributed by atoms with van der Waals surface area (Å²) in [6.45, 7) is 10.2. The number of nitrogens with zero attached hydrogens (tertiary/aromatic N) is 4. The van der Waals surface area contributed by atoms with Gasteiger partial charge in [-0.25, -0.2) is 0 Å². The van der Waals surface area contributed by atoms with Crippen LogP contribution in [0.5, 0.6) is 0 Å². The highest BCUT2D eigenvalue weighted by molar-refractivity contribution is 5.58. The second-order valence-electron chi connectivity index (χ2n) is 9.11. The first-order chi connectivity index (χ1) is 12.8. The number of aromatic nitrogens is 4. The summed E-state index contributed by atoms with van der Waals surface area (Å²) in [5.41, 5.74) is 3.33. The highest BCUT2D eigenvalue weighted by Crippen LogP contribution is 2.62. The lowest BCUT2D eigenvalue weighted by molar-refractivity contribution is -0.276. The van der Waals surface area contributed by atoms with Crippen LogP contribution in [-0.2, 0) is 28.4 Å². The summed E-state index contributed by atoms with van der Waals surface area (Å²) in [5.74, 6) is 1.14. The van der Waals surface area contributed by atoms with Crippen molar-refractivity contribution in [1.29, 1.82) is 0 Å². The Morgan fingerprint density at radius 1 is 1.07 bits per heavy atom. The van der Waals surface area contributed by atoms with Crippen LogP contribution in [0.3, 0.4) is 0 Å². The van der Waals surface area contributed by atoms with Gasteiger partial charge in [-0.1, -0.05) is 20.8 Å². The first kappa shape index (κ1) is 17.4. The normalized spacial score (nSPS) is 31.1. The Hall–Kier alpha value is -1.73. The number of hydrogen-bond donors (Lipinski definition) is 0. The van der Waals surface area contributed by atoms with E-state index in [0.29, 0.717) is 30.9 Å². The topological polar surface area (TPSA) is 75.2 Å². The molecule has 0 unspecified atom stereocenters. The molecule has 0 N–H and O–H groups in total. The van der Waals surface area contributed by atoms with Gasteiger partial charge in [-0.05, 0) is 25.2 Å². The molecule has 1 spiro atoms. The van der Waals surface area contributed by atoms with Gasteiger partial charge in [0.05, 0.1) is 18.9 Å². The summed E-state index contributed by atoms with van der Waals surface area (Å²) >= 11 is 0. The van der Waals surface area contributed by atoms with E-state index in [0.717, 1.165) is 31.4 Å². The molecule has 2 fully saturated rings. The second kappa shape index (κ2) is 5.41. The molecule has 0 aromatic carbocycles. The van der Waals surface area contributed by atoms with Gasteiger partial charge in [-0.15, -0.1) is 10.2 Å². The predicted octanol–water partition coefficient (Wildman–Crippen LogP) is 3.16. The molecular formula is C20H28N4O3. The molecule has 0 radical (unpaired) electrons. The lowest BCUT2D eigenvalue weighted by atomic mass is 9.49. The zero-order valence-electron chi connectivity index (χ0n) is 16.8. The van der Waals surface area contributed by atoms with Crippen molar-refractivity contribution in [3.63, 3.8) is 0 Å². The Morgan fingerprint density at radius 3 is 2.48 bits per heavy atom. The van der Waals surface area contributed by atoms with Gasteiger partial charge in [0, 0.05) is 36.8 Å². The molecule has 0 bridgehead atoms. The van der Waals surface area contributed by atoms with E-state index in [1.165, 1.54) is 11.3 Å². The average Bonchev–Trinajstić information content (AvgIpc) is 3.31. The van der Waals surface area contributed by atoms with Gasteiger partial charge in [0.1, 0.15) is 5.69 Å². The maximum absolute atomic E-state index is 6.20. The van der Waals surface area contributed by atoms with Gasteiger partial charge in [0.15, 0.2) is 5.79 Å². The molecule has 2 aromatic heterocycles. The van der Waals surface area contributed by atoms with Crippen molar-refractivity contribution in [2.45, 2.75) is 64.6 Å². The van der Waals surface area contributed by atoms with E-state index in [9.17, 15) is 0 Å². The standard InChI is InChI=1S/C20H28N4O3/c1-12-21-22-17(27-12)15-13-6-7-14-18(2,3)20(25-10-11-26-20)9-8-19(14,4)16(13)23-24(15)5/h14H,6-11H2,1-5H3/t14-,19-/m0/s1. The van der Waals surface area contributed by atoms with Crippen molar-refractivity contribution in [1.82, 2.24) is 20.0 Å². The monoisotopic (exact) mass is 372 g/mol. The molecule has 27 heavy (non-hydrogen) atoms. The van der Waals surface area contributed by atoms with Crippen molar-refractivity contribution in [2.24, 2.45) is 18.4 Å². The fraction of sp³-hybridized carbons (Fsp3) is 0.750. The maximum Gasteiger partial charge on any atom is 0.266 e. The summed E-state index contributed by atoms with van der Waals surface area (Å²) in [4.78, 5) is 0. The van der Waals surface area contributed by atoms with Crippen LogP contribution in [0.15, 0.2) is 4.42 Å². The van der Waals surface area contributed by atoms with Crippen molar-refractivity contribution in [3.8, 4) is 11.6 Å². The van der Waals surface area contributed by atoms with Crippen molar-refractivity contribution in [3.05, 3.63) is 17.1 Å². The lowest BCUT2D eigenvalue weighted by Gasteiger charge is -2.59. The minimum atomic E-state index is -0.449. The zero-order chi connectivity index (χ0) is 19.0. The number of rotatable bonds is 1. The Labute approximate surface area is 159 Å². The van der Waals surface area contributed by atoms with E-state index < -0.39 is 5.79 Å². The van der Waals surface area contributed by atoms with Crippen LogP contribution < -0.4 is 0 Å². The highest BCUT2D eigenvalue weighted by Gasteiger charge is 2.64. The SMILES string of the molecule is Cc1nnc(-c2c3c(nn2C)[C@@]2(C)CCC4(OCCO4)C(C)(C)[C@@H]2CC3)o1. The molecule has 3 heterocycles. The number of aryl methyl sites for hydroxylation is 2. The lowest BCUT2D eigenvalue weighted by Crippen LogP contribution is -2.61. The van der Waals surface area contributed by atoms with E-state index in [1.807, 2.05) is 18.7 Å². The van der Waals surface area contributed by atoms with E-state index in [-0.39, 0.29) is 10.8 Å². The summed E-state index contributed by atoms with van der Waals surface area (Å²) in [6, 6.07) is 0. The maximum atomic E-state index is 6.20. The van der Waals surface area contributed by atoms with E-state index >= 15 is 0 Å². The van der Waals surface area contributed by atoms with Crippen molar-refractivity contribution < 1.29 is 13.9 Å². The average molecular weight is 372 g/mol. The zero-order valence-corrected chi connectivity index (χ0v) is 16.8. The Bertz CT molecular complexity index is 893. The molecule has 1 aliphatic heterocycles. The van der Waals surface area contributed by atoms with Crippen LogP contribution in [0.25, 0.3) is 11.6 Å². The van der Waals surface area contributed by atoms with Gasteiger partial charge in [0.25, 0.3) is 5.89 Å². The third kappa shape index (κ3) is 2.12. The van der Waals surface area contributed by atoms with Gasteiger partial charge in [0.2, 0.25) is 5.89 Å². The second-order valence-corrected chi connectivity index (χ2v) is 9.11. The van der Waals surface area contributed by atoms with E-state index in [2.05, 4.69) is 31.0 Å². The quantitative estimate of drug-likeness (QED) is 0.765. The smallest absolute Gasteiger partial charge is 0.266 e. The summed E-state index contributed by atoms with van der Waals surface area (Å²) in [7, 11) is 1.98. The number of hydrogen-bond acceptors (Lipinski definition) is 6. The molecule has 0 amide bonds. The molecule has 1 saturated heterocycles. The summed E-state index contributed by atoms with van der Waals surface area (Å²) < 4.78 is 20.1. The highest BCUT2D eigenvalue weighted by atomic mass is 16.7. The predicted molar refractivity (Wildman–Crippen MR) is 98.1 cm³/mol. The van der Waals surface area contributed by atoms with Crippen LogP contribution in [0.1, 0.15) is 57.2 Å². The Morgan fingerprint density at radius 2 is 1.81 bits per heavy atom. The fourth-order valence-electron chi connectivity index (χ4n) is 6.13. The molecule has 1 saturated carbocycles. The van der Waals surface area contributed by atoms with Crippen LogP contribution in [0.2, 0.25) is 0 Å². The fourth-order valence-corrected chi connectivity index (χ4v) is 6.13. The Kier molecular flexibility index (Phi) is 3.48. The summed E-state index contributed by atoms with van der Waals surface area (Å²) in [5, 5.41) is 13.2. The van der Waals surface area contributed by atoms with Gasteiger partial charge in [-0.3, -0.25) is 4.68 Å². The molecule has 5 rings (SSSR count). The van der Waals surface area contributed by atoms with Gasteiger partial charge >= 0.3 is 0 Å². The molecule has 146 valence electrons. The number of ether oxygens (including phenoxy) is 2. The van der Waals surface area contributed by atoms with Crippen LogP contribution in [0, 0.1) is 18.3 Å². The molecule has 2 aromatic rings. The van der Waals surface area contributed by atoms with Crippen molar-refractivity contribution >= 4 is 0 Å². The van der Waals surface area contributed by atoms with E-state index in [4.69, 9.17) is 19.0 Å². The first-order valence-corrected chi connectivity index (χ1v) is 9.93. The first-order valence-electron chi connectivity index (χ1n) is 9.93. The third-order valence-corrected chi connectivity index (χ3v) is 7.45. The molecule has 7 heteroatoms. The van der Waals surface area contributed by atoms with Gasteiger partial charge < -0.3 is 13.9 Å².